The number of hydrogen-bond acceptors (Lipinski definition) is 2. The molecule has 0 radical (unpaired) electrons. The van der Waals surface area contributed by atoms with Crippen molar-refractivity contribution in [1.82, 2.24) is 4.98 Å². The summed E-state index contributed by atoms with van der Waals surface area (Å²) in [5.74, 6) is -2.01. The van der Waals surface area contributed by atoms with Crippen LogP contribution < -0.4 is 5.43 Å². The first-order valence-electron chi connectivity index (χ1n) is 4.66. The van der Waals surface area contributed by atoms with E-state index in [-0.39, 0.29) is 21.5 Å². The van der Waals surface area contributed by atoms with E-state index in [4.69, 9.17) is 16.7 Å². The van der Waals surface area contributed by atoms with E-state index in [9.17, 15) is 14.0 Å². The summed E-state index contributed by atoms with van der Waals surface area (Å²) in [6.07, 6.45) is 1.05. The van der Waals surface area contributed by atoms with Crippen molar-refractivity contribution in [3.8, 4) is 0 Å². The number of pyridine rings is 1. The maximum Gasteiger partial charge on any atom is 0.341 e. The number of aromatic nitrogens is 1. The number of fused-ring (bicyclic) bond motifs is 1. The molecule has 0 fully saturated rings. The van der Waals surface area contributed by atoms with Gasteiger partial charge in [-0.25, -0.2) is 9.18 Å². The van der Waals surface area contributed by atoms with Crippen LogP contribution in [-0.4, -0.2) is 16.1 Å². The van der Waals surface area contributed by atoms with Crippen molar-refractivity contribution in [2.24, 2.45) is 0 Å². The Balaban J connectivity index is 2.98. The molecule has 88 valence electrons. The highest BCUT2D eigenvalue weighted by molar-refractivity contribution is 6.35. The average Bonchev–Trinajstić information content (AvgIpc) is 2.27. The molecule has 0 bridgehead atoms. The molecular weight excluding hydrogens is 249 g/mol. The number of carbonyl (C=O) groups is 1. The Morgan fingerprint density at radius 2 is 2.18 bits per heavy atom. The fourth-order valence-electron chi connectivity index (χ4n) is 1.55. The van der Waals surface area contributed by atoms with Crippen molar-refractivity contribution in [2.75, 3.05) is 0 Å². The first-order valence-corrected chi connectivity index (χ1v) is 5.04. The first-order chi connectivity index (χ1) is 7.93. The minimum Gasteiger partial charge on any atom is -0.477 e. The predicted octanol–water partition coefficient (Wildman–Crippen LogP) is 2.33. The van der Waals surface area contributed by atoms with Crippen LogP contribution in [0.25, 0.3) is 10.9 Å². The molecule has 1 aromatic heterocycles. The Labute approximate surface area is 99.6 Å². The van der Waals surface area contributed by atoms with Crippen molar-refractivity contribution in [1.29, 1.82) is 0 Å². The zero-order valence-electron chi connectivity index (χ0n) is 8.67. The SMILES string of the molecule is Cc1c(F)cc2c(=O)c(C(=O)O)c[nH]c2c1Cl. The predicted molar refractivity (Wildman–Crippen MR) is 61.2 cm³/mol. The normalized spacial score (nSPS) is 10.8. The fourth-order valence-corrected chi connectivity index (χ4v) is 1.80. The molecule has 0 amide bonds. The Bertz CT molecular complexity index is 693. The van der Waals surface area contributed by atoms with E-state index in [2.05, 4.69) is 4.98 Å². The molecular formula is C11H7ClFNO3. The lowest BCUT2D eigenvalue weighted by atomic mass is 10.1. The van der Waals surface area contributed by atoms with Gasteiger partial charge in [-0.3, -0.25) is 4.79 Å². The van der Waals surface area contributed by atoms with Gasteiger partial charge in [0.25, 0.3) is 0 Å². The molecule has 1 aromatic carbocycles. The minimum absolute atomic E-state index is 0.0713. The van der Waals surface area contributed by atoms with Crippen LogP contribution in [-0.2, 0) is 0 Å². The summed E-state index contributed by atoms with van der Waals surface area (Å²) < 4.78 is 13.4. The maximum atomic E-state index is 13.4. The van der Waals surface area contributed by atoms with Crippen molar-refractivity contribution in [3.63, 3.8) is 0 Å². The lowest BCUT2D eigenvalue weighted by Crippen LogP contribution is -2.15. The third kappa shape index (κ3) is 1.68. The molecule has 17 heavy (non-hydrogen) atoms. The van der Waals surface area contributed by atoms with E-state index in [0.717, 1.165) is 12.3 Å². The number of aromatic amines is 1. The number of nitrogens with one attached hydrogen (secondary N) is 1. The summed E-state index contributed by atoms with van der Waals surface area (Å²) in [5.41, 5.74) is -0.762. The highest BCUT2D eigenvalue weighted by Crippen LogP contribution is 2.26. The Morgan fingerprint density at radius 1 is 1.53 bits per heavy atom. The number of carboxylic acid groups (broad SMARTS) is 1. The third-order valence-electron chi connectivity index (χ3n) is 2.53. The van der Waals surface area contributed by atoms with Crippen molar-refractivity contribution in [3.05, 3.63) is 44.5 Å². The Morgan fingerprint density at radius 3 is 2.76 bits per heavy atom. The van der Waals surface area contributed by atoms with Gasteiger partial charge < -0.3 is 10.1 Å². The molecule has 4 nitrogen and oxygen atoms in total. The van der Waals surface area contributed by atoms with Crippen LogP contribution in [0.3, 0.4) is 0 Å². The molecule has 0 aliphatic rings. The molecule has 0 atom stereocenters. The van der Waals surface area contributed by atoms with E-state index >= 15 is 0 Å². The Hall–Kier alpha value is -1.88. The second kappa shape index (κ2) is 3.85. The molecule has 1 heterocycles. The van der Waals surface area contributed by atoms with Crippen LogP contribution in [0.1, 0.15) is 15.9 Å². The monoisotopic (exact) mass is 255 g/mol. The molecule has 6 heteroatoms. The summed E-state index contributed by atoms with van der Waals surface area (Å²) in [7, 11) is 0. The standard InChI is InChI=1S/C11H7ClFNO3/c1-4-7(13)2-5-9(8(4)12)14-3-6(10(5)15)11(16)17/h2-3H,1H3,(H,14,15)(H,16,17). The van der Waals surface area contributed by atoms with Gasteiger partial charge in [0.05, 0.1) is 15.9 Å². The van der Waals surface area contributed by atoms with Gasteiger partial charge in [0.1, 0.15) is 11.4 Å². The summed E-state index contributed by atoms with van der Waals surface area (Å²) in [6.45, 7) is 1.47. The lowest BCUT2D eigenvalue weighted by molar-refractivity contribution is 0.0695. The van der Waals surface area contributed by atoms with Crippen LogP contribution in [0.4, 0.5) is 4.39 Å². The van der Waals surface area contributed by atoms with Crippen molar-refractivity contribution in [2.45, 2.75) is 6.92 Å². The molecule has 2 N–H and O–H groups in total. The zero-order chi connectivity index (χ0) is 12.7. The van der Waals surface area contributed by atoms with Crippen LogP contribution >= 0.6 is 11.6 Å². The van der Waals surface area contributed by atoms with Gasteiger partial charge in [0.2, 0.25) is 5.43 Å². The van der Waals surface area contributed by atoms with Gasteiger partial charge in [-0.05, 0) is 13.0 Å². The molecule has 2 aromatic rings. The van der Waals surface area contributed by atoms with Crippen molar-refractivity contribution < 1.29 is 14.3 Å². The van der Waals surface area contributed by atoms with Gasteiger partial charge in [-0.15, -0.1) is 0 Å². The van der Waals surface area contributed by atoms with Gasteiger partial charge in [-0.2, -0.15) is 0 Å². The second-order valence-electron chi connectivity index (χ2n) is 3.56. The number of hydrogen-bond donors (Lipinski definition) is 2. The number of rotatable bonds is 1. The number of aromatic carboxylic acids is 1. The van der Waals surface area contributed by atoms with Crippen LogP contribution in [0.5, 0.6) is 0 Å². The molecule has 0 aliphatic carbocycles. The average molecular weight is 256 g/mol. The number of H-pyrrole nitrogens is 1. The summed E-state index contributed by atoms with van der Waals surface area (Å²) in [6, 6.07) is 0.988. The molecule has 0 spiro atoms. The van der Waals surface area contributed by atoms with Gasteiger partial charge in [0.15, 0.2) is 0 Å². The molecule has 0 unspecified atom stereocenters. The lowest BCUT2D eigenvalue weighted by Gasteiger charge is -2.05. The molecule has 2 rings (SSSR count). The summed E-state index contributed by atoms with van der Waals surface area (Å²) >= 11 is 5.88. The van der Waals surface area contributed by atoms with E-state index in [1.165, 1.54) is 6.92 Å². The van der Waals surface area contributed by atoms with Gasteiger partial charge in [0, 0.05) is 11.8 Å². The van der Waals surface area contributed by atoms with E-state index < -0.39 is 22.8 Å². The largest absolute Gasteiger partial charge is 0.477 e. The number of benzene rings is 1. The topological polar surface area (TPSA) is 70.2 Å². The molecule has 0 aliphatic heterocycles. The highest BCUT2D eigenvalue weighted by atomic mass is 35.5. The molecule has 0 saturated heterocycles. The zero-order valence-corrected chi connectivity index (χ0v) is 9.43. The van der Waals surface area contributed by atoms with Gasteiger partial charge in [-0.1, -0.05) is 11.6 Å². The van der Waals surface area contributed by atoms with Crippen LogP contribution in [0.2, 0.25) is 5.02 Å². The third-order valence-corrected chi connectivity index (χ3v) is 3.00. The number of carboxylic acids is 1. The first kappa shape index (κ1) is 11.6. The number of halogens is 2. The minimum atomic E-state index is -1.37. The highest BCUT2D eigenvalue weighted by Gasteiger charge is 2.16. The Kier molecular flexibility index (Phi) is 2.63. The summed E-state index contributed by atoms with van der Waals surface area (Å²) in [5, 5.41) is 8.78. The van der Waals surface area contributed by atoms with Crippen LogP contribution in [0, 0.1) is 12.7 Å². The fraction of sp³-hybridized carbons (Fsp3) is 0.0909. The van der Waals surface area contributed by atoms with E-state index in [1.807, 2.05) is 0 Å². The second-order valence-corrected chi connectivity index (χ2v) is 3.93. The van der Waals surface area contributed by atoms with Crippen molar-refractivity contribution >= 4 is 28.5 Å². The van der Waals surface area contributed by atoms with Crippen LogP contribution in [0.15, 0.2) is 17.1 Å². The van der Waals surface area contributed by atoms with Gasteiger partial charge >= 0.3 is 5.97 Å². The quantitative estimate of drug-likeness (QED) is 0.822. The van der Waals surface area contributed by atoms with E-state index in [0.29, 0.717) is 0 Å². The smallest absolute Gasteiger partial charge is 0.341 e. The maximum absolute atomic E-state index is 13.4. The molecule has 0 saturated carbocycles. The van der Waals surface area contributed by atoms with E-state index in [1.54, 1.807) is 0 Å². The summed E-state index contributed by atoms with van der Waals surface area (Å²) in [4.78, 5) is 25.1.